The summed E-state index contributed by atoms with van der Waals surface area (Å²) in [7, 11) is 0. The molecule has 19 heavy (non-hydrogen) atoms. The molecule has 1 aliphatic rings. The van der Waals surface area contributed by atoms with Crippen LogP contribution in [0.15, 0.2) is 35.0 Å². The first-order valence-electron chi connectivity index (χ1n) is 6.55. The number of hydrogen-bond acceptors (Lipinski definition) is 4. The van der Waals surface area contributed by atoms with Crippen LogP contribution in [0.4, 0.5) is 0 Å². The molecule has 0 bridgehead atoms. The maximum absolute atomic E-state index is 12.5. The van der Waals surface area contributed by atoms with Gasteiger partial charge >= 0.3 is 0 Å². The summed E-state index contributed by atoms with van der Waals surface area (Å²) in [6.45, 7) is 4.09. The summed E-state index contributed by atoms with van der Waals surface area (Å²) in [6.07, 6.45) is 0. The van der Waals surface area contributed by atoms with Gasteiger partial charge in [0.15, 0.2) is 0 Å². The molecule has 1 aliphatic heterocycles. The molecule has 0 spiro atoms. The van der Waals surface area contributed by atoms with E-state index in [0.717, 1.165) is 0 Å². The fraction of sp³-hybridized carbons (Fsp3) is 0.400. The summed E-state index contributed by atoms with van der Waals surface area (Å²) in [5.41, 5.74) is 0. The highest BCUT2D eigenvalue weighted by molar-refractivity contribution is 7.10. The summed E-state index contributed by atoms with van der Waals surface area (Å²) in [5, 5.41) is 7.84. The molecule has 2 aromatic rings. The second-order valence-corrected chi connectivity index (χ2v) is 7.09. The molecular weight excluding hydrogens is 274 g/mol. The molecule has 0 unspecified atom stereocenters. The Morgan fingerprint density at radius 2 is 1.42 bits per heavy atom. The van der Waals surface area contributed by atoms with Gasteiger partial charge in [0.25, 0.3) is 0 Å². The minimum absolute atomic E-state index is 0.0462. The summed E-state index contributed by atoms with van der Waals surface area (Å²) in [6, 6.07) is 8.64. The predicted octanol–water partition coefficient (Wildman–Crippen LogP) is 4.04. The third kappa shape index (κ3) is 2.29. The fourth-order valence-electron chi connectivity index (χ4n) is 2.82. The summed E-state index contributed by atoms with van der Waals surface area (Å²) < 4.78 is 0. The minimum Gasteiger partial charge on any atom is -0.300 e. The van der Waals surface area contributed by atoms with Crippen molar-refractivity contribution in [2.45, 2.75) is 25.9 Å². The molecule has 0 aromatic carbocycles. The lowest BCUT2D eigenvalue weighted by molar-refractivity contribution is -0.130. The van der Waals surface area contributed by atoms with E-state index >= 15 is 0 Å². The zero-order valence-corrected chi connectivity index (χ0v) is 12.6. The zero-order valence-electron chi connectivity index (χ0n) is 11.0. The maximum atomic E-state index is 12.5. The van der Waals surface area contributed by atoms with Gasteiger partial charge in [-0.15, -0.1) is 22.7 Å². The van der Waals surface area contributed by atoms with Crippen molar-refractivity contribution >= 4 is 28.5 Å². The van der Waals surface area contributed by atoms with Crippen molar-refractivity contribution in [2.75, 3.05) is 0 Å². The van der Waals surface area contributed by atoms with Crippen LogP contribution in [0.25, 0.3) is 0 Å². The molecule has 0 radical (unpaired) electrons. The van der Waals surface area contributed by atoms with Crippen LogP contribution in [-0.2, 0) is 4.79 Å². The molecule has 2 nitrogen and oxygen atoms in total. The van der Waals surface area contributed by atoms with Crippen LogP contribution in [0.3, 0.4) is 0 Å². The van der Waals surface area contributed by atoms with Gasteiger partial charge in [-0.25, -0.2) is 0 Å². The lowest BCUT2D eigenvalue weighted by atomic mass is 9.79. The number of piperidine rings is 1. The number of carbonyl (C=O) groups is 1. The van der Waals surface area contributed by atoms with Crippen LogP contribution >= 0.6 is 22.7 Å². The largest absolute Gasteiger partial charge is 0.300 e. The molecule has 1 saturated heterocycles. The third-order valence-corrected chi connectivity index (χ3v) is 5.87. The number of nitrogens with one attached hydrogen (secondary N) is 1. The average Bonchev–Trinajstić information content (AvgIpc) is 3.08. The highest BCUT2D eigenvalue weighted by Crippen LogP contribution is 2.40. The normalized spacial score (nSPS) is 31.6. The summed E-state index contributed by atoms with van der Waals surface area (Å²) in [5.74, 6) is 0.463. The van der Waals surface area contributed by atoms with Crippen molar-refractivity contribution < 1.29 is 4.79 Å². The highest BCUT2D eigenvalue weighted by Gasteiger charge is 2.40. The van der Waals surface area contributed by atoms with E-state index in [1.165, 1.54) is 9.75 Å². The second kappa shape index (κ2) is 5.19. The summed E-state index contributed by atoms with van der Waals surface area (Å²) >= 11 is 3.45. The lowest BCUT2D eigenvalue weighted by Gasteiger charge is -2.38. The van der Waals surface area contributed by atoms with Crippen molar-refractivity contribution in [1.82, 2.24) is 5.32 Å². The topological polar surface area (TPSA) is 29.1 Å². The Bertz CT molecular complexity index is 498. The summed E-state index contributed by atoms with van der Waals surface area (Å²) in [4.78, 5) is 15.0. The number of Topliss-reactive ketones (excluding diaryl/α,β-unsaturated/α-hetero) is 1. The Hall–Kier alpha value is -0.970. The van der Waals surface area contributed by atoms with Gasteiger partial charge < -0.3 is 5.32 Å². The minimum atomic E-state index is 0.0462. The molecule has 4 heteroatoms. The second-order valence-electron chi connectivity index (χ2n) is 5.13. The van der Waals surface area contributed by atoms with Gasteiger partial charge in [0, 0.05) is 21.6 Å². The third-order valence-electron chi connectivity index (χ3n) is 3.96. The van der Waals surface area contributed by atoms with Gasteiger partial charge in [0.2, 0.25) is 0 Å². The van der Waals surface area contributed by atoms with Gasteiger partial charge in [-0.05, 0) is 22.9 Å². The SMILES string of the molecule is C[C@@H]1C(=O)[C@H](C)[C@@H](c2cccs2)N[C@H]1c1cccs1. The molecule has 3 rings (SSSR count). The number of rotatable bonds is 2. The fourth-order valence-corrected chi connectivity index (χ4v) is 4.60. The van der Waals surface area contributed by atoms with E-state index in [0.29, 0.717) is 5.78 Å². The van der Waals surface area contributed by atoms with Crippen molar-refractivity contribution in [3.05, 3.63) is 44.8 Å². The van der Waals surface area contributed by atoms with Gasteiger partial charge in [0.05, 0.1) is 12.1 Å². The number of hydrogen-bond donors (Lipinski definition) is 1. The van der Waals surface area contributed by atoms with Crippen LogP contribution in [-0.4, -0.2) is 5.78 Å². The first-order chi connectivity index (χ1) is 9.18. The smallest absolute Gasteiger partial charge is 0.142 e. The molecule has 100 valence electrons. The first-order valence-corrected chi connectivity index (χ1v) is 8.31. The van der Waals surface area contributed by atoms with E-state index in [9.17, 15) is 4.79 Å². The van der Waals surface area contributed by atoms with E-state index in [4.69, 9.17) is 0 Å². The standard InChI is InChI=1S/C15H17NOS2/c1-9-13(11-5-3-7-18-11)16-14(10(2)15(9)17)12-6-4-8-19-12/h3-10,13-14,16H,1-2H3/t9-,10+,13+,14-. The Labute approximate surface area is 121 Å². The molecule has 4 atom stereocenters. The van der Waals surface area contributed by atoms with Crippen molar-refractivity contribution in [1.29, 1.82) is 0 Å². The number of thiophene rings is 2. The van der Waals surface area contributed by atoms with Gasteiger partial charge in [0.1, 0.15) is 5.78 Å². The van der Waals surface area contributed by atoms with E-state index < -0.39 is 0 Å². The van der Waals surface area contributed by atoms with E-state index in [-0.39, 0.29) is 23.9 Å². The average molecular weight is 291 g/mol. The lowest BCUT2D eigenvalue weighted by Crippen LogP contribution is -2.45. The molecule has 1 N–H and O–H groups in total. The Balaban J connectivity index is 1.93. The molecule has 0 amide bonds. The Kier molecular flexibility index (Phi) is 3.56. The van der Waals surface area contributed by atoms with Gasteiger partial charge in [-0.2, -0.15) is 0 Å². The molecular formula is C15H17NOS2. The van der Waals surface area contributed by atoms with Crippen LogP contribution in [0.1, 0.15) is 35.7 Å². The zero-order chi connectivity index (χ0) is 13.4. The highest BCUT2D eigenvalue weighted by atomic mass is 32.1. The van der Waals surface area contributed by atoms with Gasteiger partial charge in [-0.1, -0.05) is 26.0 Å². The van der Waals surface area contributed by atoms with Crippen LogP contribution in [0.5, 0.6) is 0 Å². The number of ketones is 1. The van der Waals surface area contributed by atoms with Crippen LogP contribution < -0.4 is 5.32 Å². The predicted molar refractivity (Wildman–Crippen MR) is 80.6 cm³/mol. The molecule has 0 saturated carbocycles. The van der Waals surface area contributed by atoms with Crippen molar-refractivity contribution in [2.24, 2.45) is 11.8 Å². The number of carbonyl (C=O) groups excluding carboxylic acids is 1. The molecule has 3 heterocycles. The first kappa shape index (κ1) is 13.0. The quantitative estimate of drug-likeness (QED) is 0.905. The van der Waals surface area contributed by atoms with Gasteiger partial charge in [-0.3, -0.25) is 4.79 Å². The van der Waals surface area contributed by atoms with Crippen molar-refractivity contribution in [3.63, 3.8) is 0 Å². The maximum Gasteiger partial charge on any atom is 0.142 e. The van der Waals surface area contributed by atoms with E-state index in [1.807, 2.05) is 13.8 Å². The van der Waals surface area contributed by atoms with E-state index in [2.05, 4.69) is 40.3 Å². The molecule has 0 aliphatic carbocycles. The van der Waals surface area contributed by atoms with Crippen molar-refractivity contribution in [3.8, 4) is 0 Å². The van der Waals surface area contributed by atoms with Crippen LogP contribution in [0.2, 0.25) is 0 Å². The Morgan fingerprint density at radius 1 is 0.947 bits per heavy atom. The molecule has 1 fully saturated rings. The molecule has 2 aromatic heterocycles. The van der Waals surface area contributed by atoms with E-state index in [1.54, 1.807) is 22.7 Å². The Morgan fingerprint density at radius 3 is 1.79 bits per heavy atom. The monoisotopic (exact) mass is 291 g/mol. The van der Waals surface area contributed by atoms with Crippen LogP contribution in [0, 0.1) is 11.8 Å².